The lowest BCUT2D eigenvalue weighted by Gasteiger charge is -2.13. The maximum Gasteiger partial charge on any atom is 0.416 e. The Hall–Kier alpha value is -3.33. The standard InChI is InChI=1S/C22H19F3N2O3S/c1-14-6-10-18(11-7-14)27-31(29,30)20-12-16(9-8-15(20)2)21(28)26-19-5-3-4-17(13-19)22(23,24)25/h3-13,27H,1-2H3,(H,26,28). The van der Waals surface area contributed by atoms with Gasteiger partial charge < -0.3 is 5.32 Å². The highest BCUT2D eigenvalue weighted by atomic mass is 32.2. The van der Waals surface area contributed by atoms with E-state index < -0.39 is 27.7 Å². The molecule has 2 N–H and O–H groups in total. The summed E-state index contributed by atoms with van der Waals surface area (Å²) in [4.78, 5) is 12.4. The van der Waals surface area contributed by atoms with Gasteiger partial charge in [0.25, 0.3) is 15.9 Å². The van der Waals surface area contributed by atoms with Crippen LogP contribution < -0.4 is 10.0 Å². The van der Waals surface area contributed by atoms with E-state index in [1.807, 2.05) is 6.92 Å². The minimum absolute atomic E-state index is 0.00714. The zero-order chi connectivity index (χ0) is 22.8. The summed E-state index contributed by atoms with van der Waals surface area (Å²) in [5, 5.41) is 2.37. The third-order valence-electron chi connectivity index (χ3n) is 4.49. The van der Waals surface area contributed by atoms with E-state index in [9.17, 15) is 26.4 Å². The number of halogens is 3. The predicted molar refractivity (Wildman–Crippen MR) is 113 cm³/mol. The number of hydrogen-bond donors (Lipinski definition) is 2. The molecule has 0 aliphatic heterocycles. The van der Waals surface area contributed by atoms with Crippen molar-refractivity contribution in [3.8, 4) is 0 Å². The molecule has 5 nitrogen and oxygen atoms in total. The molecule has 0 radical (unpaired) electrons. The van der Waals surface area contributed by atoms with Crippen molar-refractivity contribution < 1.29 is 26.4 Å². The maximum absolute atomic E-state index is 12.9. The van der Waals surface area contributed by atoms with Crippen LogP contribution in [0.4, 0.5) is 24.5 Å². The Labute approximate surface area is 178 Å². The minimum Gasteiger partial charge on any atom is -0.322 e. The van der Waals surface area contributed by atoms with Crippen LogP contribution in [0.15, 0.2) is 71.6 Å². The van der Waals surface area contributed by atoms with E-state index in [0.717, 1.165) is 17.7 Å². The average Bonchev–Trinajstić information content (AvgIpc) is 2.69. The van der Waals surface area contributed by atoms with Gasteiger partial charge in [0.15, 0.2) is 0 Å². The molecular formula is C22H19F3N2O3S. The molecule has 0 heterocycles. The van der Waals surface area contributed by atoms with Crippen molar-refractivity contribution >= 4 is 27.3 Å². The van der Waals surface area contributed by atoms with E-state index in [0.29, 0.717) is 11.3 Å². The van der Waals surface area contributed by atoms with E-state index in [1.54, 1.807) is 31.2 Å². The van der Waals surface area contributed by atoms with Crippen LogP contribution in [-0.2, 0) is 16.2 Å². The molecule has 162 valence electrons. The summed E-state index contributed by atoms with van der Waals surface area (Å²) in [6.07, 6.45) is -4.55. The van der Waals surface area contributed by atoms with E-state index in [-0.39, 0.29) is 16.1 Å². The van der Waals surface area contributed by atoms with E-state index >= 15 is 0 Å². The topological polar surface area (TPSA) is 75.3 Å². The molecule has 31 heavy (non-hydrogen) atoms. The van der Waals surface area contributed by atoms with Crippen LogP contribution in [0.1, 0.15) is 27.0 Å². The number of hydrogen-bond acceptors (Lipinski definition) is 3. The van der Waals surface area contributed by atoms with Crippen LogP contribution in [0.3, 0.4) is 0 Å². The Balaban J connectivity index is 1.86. The molecule has 0 aromatic heterocycles. The molecule has 0 saturated heterocycles. The molecule has 1 amide bonds. The zero-order valence-electron chi connectivity index (χ0n) is 16.6. The van der Waals surface area contributed by atoms with Gasteiger partial charge in [-0.1, -0.05) is 29.8 Å². The van der Waals surface area contributed by atoms with Crippen molar-refractivity contribution in [2.75, 3.05) is 10.0 Å². The van der Waals surface area contributed by atoms with Crippen LogP contribution >= 0.6 is 0 Å². The summed E-state index contributed by atoms with van der Waals surface area (Å²) in [6.45, 7) is 3.45. The summed E-state index contributed by atoms with van der Waals surface area (Å²) < 4.78 is 66.7. The Morgan fingerprint density at radius 2 is 1.55 bits per heavy atom. The molecular weight excluding hydrogens is 429 g/mol. The van der Waals surface area contributed by atoms with Gasteiger partial charge in [-0.3, -0.25) is 9.52 Å². The van der Waals surface area contributed by atoms with Crippen molar-refractivity contribution in [1.82, 2.24) is 0 Å². The van der Waals surface area contributed by atoms with Gasteiger partial charge in [0.1, 0.15) is 0 Å². The Morgan fingerprint density at radius 1 is 0.871 bits per heavy atom. The number of alkyl halides is 3. The van der Waals surface area contributed by atoms with Crippen LogP contribution in [0.2, 0.25) is 0 Å². The molecule has 3 rings (SSSR count). The number of anilines is 2. The van der Waals surface area contributed by atoms with E-state index in [1.165, 1.54) is 30.3 Å². The summed E-state index contributed by atoms with van der Waals surface area (Å²) >= 11 is 0. The smallest absolute Gasteiger partial charge is 0.322 e. The number of sulfonamides is 1. The predicted octanol–water partition coefficient (Wildman–Crippen LogP) is 5.38. The van der Waals surface area contributed by atoms with Crippen LogP contribution in [0, 0.1) is 13.8 Å². The fraction of sp³-hybridized carbons (Fsp3) is 0.136. The summed E-state index contributed by atoms with van der Waals surface area (Å²) in [6, 6.07) is 15.0. The molecule has 0 spiro atoms. The minimum atomic E-state index is -4.55. The van der Waals surface area contributed by atoms with Gasteiger partial charge in [-0.15, -0.1) is 0 Å². The molecule has 0 unspecified atom stereocenters. The molecule has 3 aromatic rings. The van der Waals surface area contributed by atoms with Crippen molar-refractivity contribution in [1.29, 1.82) is 0 Å². The lowest BCUT2D eigenvalue weighted by Crippen LogP contribution is -2.17. The number of carbonyl (C=O) groups excluding carboxylic acids is 1. The number of amides is 1. The van der Waals surface area contributed by atoms with Gasteiger partial charge in [0.05, 0.1) is 10.5 Å². The number of carbonyl (C=O) groups is 1. The average molecular weight is 448 g/mol. The van der Waals surface area contributed by atoms with Crippen LogP contribution in [0.25, 0.3) is 0 Å². The monoisotopic (exact) mass is 448 g/mol. The summed E-state index contributed by atoms with van der Waals surface area (Å²) in [7, 11) is -3.99. The largest absolute Gasteiger partial charge is 0.416 e. The van der Waals surface area contributed by atoms with Crippen LogP contribution in [0.5, 0.6) is 0 Å². The van der Waals surface area contributed by atoms with Gasteiger partial charge in [-0.25, -0.2) is 8.42 Å². The third kappa shape index (κ3) is 5.43. The highest BCUT2D eigenvalue weighted by Crippen LogP contribution is 2.31. The SMILES string of the molecule is Cc1ccc(NS(=O)(=O)c2cc(C(=O)Nc3cccc(C(F)(F)F)c3)ccc2C)cc1. The van der Waals surface area contributed by atoms with E-state index in [4.69, 9.17) is 0 Å². The molecule has 9 heteroatoms. The number of nitrogens with one attached hydrogen (secondary N) is 2. The van der Waals surface area contributed by atoms with Gasteiger partial charge in [0.2, 0.25) is 0 Å². The molecule has 0 bridgehead atoms. The van der Waals surface area contributed by atoms with Crippen molar-refractivity contribution in [3.63, 3.8) is 0 Å². The normalized spacial score (nSPS) is 11.8. The molecule has 0 fully saturated rings. The fourth-order valence-electron chi connectivity index (χ4n) is 2.84. The number of rotatable bonds is 5. The fourth-order valence-corrected chi connectivity index (χ4v) is 4.17. The Kier molecular flexibility index (Phi) is 6.08. The maximum atomic E-state index is 12.9. The molecule has 0 aliphatic carbocycles. The van der Waals surface area contributed by atoms with Crippen molar-refractivity contribution in [3.05, 3.63) is 89.0 Å². The first-order valence-electron chi connectivity index (χ1n) is 9.14. The lowest BCUT2D eigenvalue weighted by molar-refractivity contribution is -0.137. The van der Waals surface area contributed by atoms with Gasteiger partial charge in [-0.2, -0.15) is 13.2 Å². The van der Waals surface area contributed by atoms with Gasteiger partial charge >= 0.3 is 6.18 Å². The first-order chi connectivity index (χ1) is 14.5. The Morgan fingerprint density at radius 3 is 2.19 bits per heavy atom. The third-order valence-corrected chi connectivity index (χ3v) is 6.01. The van der Waals surface area contributed by atoms with Crippen molar-refractivity contribution in [2.24, 2.45) is 0 Å². The highest BCUT2D eigenvalue weighted by Gasteiger charge is 2.30. The van der Waals surface area contributed by atoms with Crippen LogP contribution in [-0.4, -0.2) is 14.3 Å². The first-order valence-corrected chi connectivity index (χ1v) is 10.6. The second-order valence-electron chi connectivity index (χ2n) is 6.98. The zero-order valence-corrected chi connectivity index (χ0v) is 17.4. The van der Waals surface area contributed by atoms with Crippen molar-refractivity contribution in [2.45, 2.75) is 24.9 Å². The quantitative estimate of drug-likeness (QED) is 0.551. The molecule has 0 aliphatic rings. The first kappa shape index (κ1) is 22.4. The number of aryl methyl sites for hydroxylation is 2. The Bertz CT molecular complexity index is 1220. The summed E-state index contributed by atoms with van der Waals surface area (Å²) in [5.41, 5.74) is 0.779. The lowest BCUT2D eigenvalue weighted by atomic mass is 10.1. The molecule has 0 atom stereocenters. The second-order valence-corrected chi connectivity index (χ2v) is 8.64. The second kappa shape index (κ2) is 8.43. The van der Waals surface area contributed by atoms with Gasteiger partial charge in [-0.05, 0) is 61.9 Å². The number of benzene rings is 3. The van der Waals surface area contributed by atoms with Gasteiger partial charge in [0, 0.05) is 16.9 Å². The molecule has 3 aromatic carbocycles. The highest BCUT2D eigenvalue weighted by molar-refractivity contribution is 7.92. The van der Waals surface area contributed by atoms with E-state index in [2.05, 4.69) is 10.0 Å². The summed E-state index contributed by atoms with van der Waals surface area (Å²) in [5.74, 6) is -0.730. The molecule has 0 saturated carbocycles.